The highest BCUT2D eigenvalue weighted by Gasteiger charge is 2.10. The van der Waals surface area contributed by atoms with Crippen LogP contribution in [0.1, 0.15) is 16.7 Å². The average molecular weight is 339 g/mol. The third kappa shape index (κ3) is 5.64. The van der Waals surface area contributed by atoms with Gasteiger partial charge >= 0.3 is 0 Å². The Labute approximate surface area is 149 Å². The molecular weight excluding hydrogens is 314 g/mol. The largest absolute Gasteiger partial charge is 0.386 e. The number of oxime groups is 1. The molecule has 1 amide bonds. The number of carbonyl (C=O) groups excluding carboxylic acids is 1. The zero-order valence-electron chi connectivity index (χ0n) is 15.3. The molecule has 132 valence electrons. The molecule has 0 aromatic heterocycles. The molecule has 0 atom stereocenters. The van der Waals surface area contributed by atoms with E-state index in [4.69, 9.17) is 4.84 Å². The van der Waals surface area contributed by atoms with Gasteiger partial charge in [0.05, 0.1) is 6.21 Å². The SMILES string of the molecule is Cc1ccccc1CN(C)C(=O)CO/N=C/c1ccc(N(C)C)cc1. The van der Waals surface area contributed by atoms with E-state index in [0.717, 1.165) is 16.8 Å². The van der Waals surface area contributed by atoms with Crippen molar-refractivity contribution in [3.05, 3.63) is 65.2 Å². The van der Waals surface area contributed by atoms with Crippen LogP contribution < -0.4 is 4.90 Å². The van der Waals surface area contributed by atoms with Crippen LogP contribution in [-0.2, 0) is 16.2 Å². The maximum absolute atomic E-state index is 12.1. The van der Waals surface area contributed by atoms with Crippen molar-refractivity contribution < 1.29 is 9.63 Å². The molecule has 2 aromatic carbocycles. The second-order valence-electron chi connectivity index (χ2n) is 6.17. The summed E-state index contributed by atoms with van der Waals surface area (Å²) in [5, 5.41) is 3.88. The van der Waals surface area contributed by atoms with Gasteiger partial charge in [-0.1, -0.05) is 41.6 Å². The number of likely N-dealkylation sites (N-methyl/N-ethyl adjacent to an activating group) is 1. The monoisotopic (exact) mass is 339 g/mol. The van der Waals surface area contributed by atoms with Crippen LogP contribution in [0.15, 0.2) is 53.7 Å². The van der Waals surface area contributed by atoms with Crippen molar-refractivity contribution in [2.45, 2.75) is 13.5 Å². The molecule has 0 aliphatic rings. The molecule has 0 N–H and O–H groups in total. The lowest BCUT2D eigenvalue weighted by Crippen LogP contribution is -2.29. The van der Waals surface area contributed by atoms with E-state index >= 15 is 0 Å². The van der Waals surface area contributed by atoms with Crippen molar-refractivity contribution in [2.24, 2.45) is 5.16 Å². The summed E-state index contributed by atoms with van der Waals surface area (Å²) in [5.74, 6) is -0.108. The molecule has 25 heavy (non-hydrogen) atoms. The number of benzene rings is 2. The quantitative estimate of drug-likeness (QED) is 0.575. The fourth-order valence-corrected chi connectivity index (χ4v) is 2.29. The van der Waals surface area contributed by atoms with Gasteiger partial charge in [-0.3, -0.25) is 4.79 Å². The number of amides is 1. The first-order chi connectivity index (χ1) is 12.0. The van der Waals surface area contributed by atoms with Crippen LogP contribution in [0, 0.1) is 6.92 Å². The summed E-state index contributed by atoms with van der Waals surface area (Å²) in [4.78, 5) is 20.9. The number of nitrogens with zero attached hydrogens (tertiary/aromatic N) is 3. The predicted molar refractivity (Wildman–Crippen MR) is 102 cm³/mol. The molecule has 0 heterocycles. The van der Waals surface area contributed by atoms with E-state index in [1.807, 2.05) is 74.4 Å². The molecule has 0 radical (unpaired) electrons. The third-order valence-electron chi connectivity index (χ3n) is 3.97. The highest BCUT2D eigenvalue weighted by Crippen LogP contribution is 2.11. The van der Waals surface area contributed by atoms with E-state index < -0.39 is 0 Å². The summed E-state index contributed by atoms with van der Waals surface area (Å²) in [6, 6.07) is 15.9. The molecule has 5 heteroatoms. The summed E-state index contributed by atoms with van der Waals surface area (Å²) in [7, 11) is 5.75. The average Bonchev–Trinajstić information content (AvgIpc) is 2.60. The summed E-state index contributed by atoms with van der Waals surface area (Å²) in [6.07, 6.45) is 1.61. The Morgan fingerprint density at radius 1 is 1.08 bits per heavy atom. The first-order valence-electron chi connectivity index (χ1n) is 8.18. The van der Waals surface area contributed by atoms with Crippen molar-refractivity contribution in [2.75, 3.05) is 32.6 Å². The third-order valence-corrected chi connectivity index (χ3v) is 3.97. The molecule has 0 saturated carbocycles. The van der Waals surface area contributed by atoms with E-state index in [1.54, 1.807) is 18.2 Å². The van der Waals surface area contributed by atoms with Crippen molar-refractivity contribution in [1.29, 1.82) is 0 Å². The Hall–Kier alpha value is -2.82. The number of aryl methyl sites for hydroxylation is 1. The van der Waals surface area contributed by atoms with Crippen molar-refractivity contribution in [1.82, 2.24) is 4.90 Å². The molecular formula is C20H25N3O2. The topological polar surface area (TPSA) is 45.1 Å². The van der Waals surface area contributed by atoms with Gasteiger partial charge in [-0.15, -0.1) is 0 Å². The van der Waals surface area contributed by atoms with Gasteiger partial charge in [0, 0.05) is 33.4 Å². The van der Waals surface area contributed by atoms with Gasteiger partial charge in [0.15, 0.2) is 6.61 Å². The molecule has 0 bridgehead atoms. The lowest BCUT2D eigenvalue weighted by atomic mass is 10.1. The molecule has 0 saturated heterocycles. The van der Waals surface area contributed by atoms with Crippen LogP contribution in [0.3, 0.4) is 0 Å². The zero-order valence-corrected chi connectivity index (χ0v) is 15.3. The van der Waals surface area contributed by atoms with Gasteiger partial charge in [-0.25, -0.2) is 0 Å². The van der Waals surface area contributed by atoms with Crippen LogP contribution in [-0.4, -0.2) is 44.8 Å². The minimum Gasteiger partial charge on any atom is -0.386 e. The molecule has 0 unspecified atom stereocenters. The van der Waals surface area contributed by atoms with Crippen LogP contribution in [0.5, 0.6) is 0 Å². The number of hydrogen-bond acceptors (Lipinski definition) is 4. The molecule has 2 aromatic rings. The van der Waals surface area contributed by atoms with Gasteiger partial charge in [-0.2, -0.15) is 0 Å². The van der Waals surface area contributed by atoms with Crippen LogP contribution in [0.25, 0.3) is 0 Å². The zero-order chi connectivity index (χ0) is 18.2. The van der Waals surface area contributed by atoms with Gasteiger partial charge in [0.25, 0.3) is 5.91 Å². The summed E-state index contributed by atoms with van der Waals surface area (Å²) in [5.41, 5.74) is 4.34. The first-order valence-corrected chi connectivity index (χ1v) is 8.18. The van der Waals surface area contributed by atoms with Crippen molar-refractivity contribution >= 4 is 17.8 Å². The summed E-state index contributed by atoms with van der Waals surface area (Å²) in [6.45, 7) is 2.52. The second kappa shape index (κ2) is 8.87. The van der Waals surface area contributed by atoms with Gasteiger partial charge in [-0.05, 0) is 35.7 Å². The lowest BCUT2D eigenvalue weighted by Gasteiger charge is -2.17. The smallest absolute Gasteiger partial charge is 0.263 e. The fraction of sp³-hybridized carbons (Fsp3) is 0.300. The predicted octanol–water partition coefficient (Wildman–Crippen LogP) is 3.07. The van der Waals surface area contributed by atoms with E-state index in [9.17, 15) is 4.79 Å². The maximum Gasteiger partial charge on any atom is 0.263 e. The maximum atomic E-state index is 12.1. The minimum absolute atomic E-state index is 0.0747. The fourth-order valence-electron chi connectivity index (χ4n) is 2.29. The van der Waals surface area contributed by atoms with E-state index in [0.29, 0.717) is 6.54 Å². The molecule has 0 aliphatic heterocycles. The Bertz CT molecular complexity index is 724. The van der Waals surface area contributed by atoms with Crippen molar-refractivity contribution in [3.8, 4) is 0 Å². The Morgan fingerprint density at radius 2 is 1.76 bits per heavy atom. The number of rotatable bonds is 7. The minimum atomic E-state index is -0.108. The van der Waals surface area contributed by atoms with E-state index in [1.165, 1.54) is 5.56 Å². The highest BCUT2D eigenvalue weighted by molar-refractivity contribution is 5.80. The van der Waals surface area contributed by atoms with Crippen molar-refractivity contribution in [3.63, 3.8) is 0 Å². The Kier molecular flexibility index (Phi) is 6.57. The van der Waals surface area contributed by atoms with Crippen LogP contribution in [0.2, 0.25) is 0 Å². The van der Waals surface area contributed by atoms with Crippen LogP contribution >= 0.6 is 0 Å². The van der Waals surface area contributed by atoms with Crippen LogP contribution in [0.4, 0.5) is 5.69 Å². The van der Waals surface area contributed by atoms with E-state index in [2.05, 4.69) is 5.16 Å². The summed E-state index contributed by atoms with van der Waals surface area (Å²) < 4.78 is 0. The number of carbonyl (C=O) groups is 1. The summed E-state index contributed by atoms with van der Waals surface area (Å²) >= 11 is 0. The standard InChI is InChI=1S/C20H25N3O2/c1-16-7-5-6-8-18(16)14-23(4)20(24)15-25-21-13-17-9-11-19(12-10-17)22(2)3/h5-13H,14-15H2,1-4H3/b21-13+. The Morgan fingerprint density at radius 3 is 2.40 bits per heavy atom. The van der Waals surface area contributed by atoms with Gasteiger partial charge in [0.2, 0.25) is 0 Å². The molecule has 2 rings (SSSR count). The molecule has 5 nitrogen and oxygen atoms in total. The van der Waals surface area contributed by atoms with Gasteiger partial charge < -0.3 is 14.6 Å². The highest BCUT2D eigenvalue weighted by atomic mass is 16.6. The molecule has 0 aliphatic carbocycles. The molecule has 0 spiro atoms. The van der Waals surface area contributed by atoms with Gasteiger partial charge in [0.1, 0.15) is 0 Å². The first kappa shape index (κ1) is 18.5. The normalized spacial score (nSPS) is 10.7. The Balaban J connectivity index is 1.80. The molecule has 0 fully saturated rings. The number of hydrogen-bond donors (Lipinski definition) is 0. The van der Waals surface area contributed by atoms with E-state index in [-0.39, 0.29) is 12.5 Å². The number of anilines is 1. The second-order valence-corrected chi connectivity index (χ2v) is 6.17. The lowest BCUT2D eigenvalue weighted by molar-refractivity contribution is -0.135.